The molecule has 1 aliphatic carbocycles. The number of hydrogen-bond donors (Lipinski definition) is 4. The first kappa shape index (κ1) is 22.4. The Morgan fingerprint density at radius 1 is 1.22 bits per heavy atom. The number of nitrogens with one attached hydrogen (secondary N) is 1. The second-order valence-corrected chi connectivity index (χ2v) is 9.05. The topological polar surface area (TPSA) is 160 Å². The highest BCUT2D eigenvalue weighted by Gasteiger charge is 2.38. The lowest BCUT2D eigenvalue weighted by atomic mass is 10.1. The van der Waals surface area contributed by atoms with Gasteiger partial charge in [0.2, 0.25) is 17.8 Å². The lowest BCUT2D eigenvalue weighted by molar-refractivity contribution is -0.116. The van der Waals surface area contributed by atoms with Crippen LogP contribution in [0.4, 0.5) is 17.6 Å². The quantitative estimate of drug-likeness (QED) is 0.297. The first-order chi connectivity index (χ1) is 17.4. The third-order valence-corrected chi connectivity index (χ3v) is 6.77. The van der Waals surface area contributed by atoms with Gasteiger partial charge < -0.3 is 20.7 Å². The number of hydrogen-bond acceptors (Lipinski definition) is 8. The van der Waals surface area contributed by atoms with Crippen LogP contribution in [-0.2, 0) is 16.0 Å². The number of nitrogens with two attached hydrogens (primary N) is 1. The number of aromatic amines is 1. The van der Waals surface area contributed by atoms with Crippen LogP contribution in [0.3, 0.4) is 0 Å². The summed E-state index contributed by atoms with van der Waals surface area (Å²) in [6.45, 7) is 1.01. The lowest BCUT2D eigenvalue weighted by Gasteiger charge is -2.24. The Morgan fingerprint density at radius 3 is 2.75 bits per heavy atom. The molecule has 2 aromatic carbocycles. The molecule has 184 valence electrons. The monoisotopic (exact) mass is 488 g/mol. The Morgan fingerprint density at radius 2 is 2.00 bits per heavy atom. The maximum Gasteiger partial charge on any atom is 0.280 e. The van der Waals surface area contributed by atoms with E-state index in [1.807, 2.05) is 30.3 Å². The third kappa shape index (κ3) is 3.40. The fourth-order valence-corrected chi connectivity index (χ4v) is 5.16. The summed E-state index contributed by atoms with van der Waals surface area (Å²) < 4.78 is 7.36. The van der Waals surface area contributed by atoms with Crippen molar-refractivity contribution in [3.63, 3.8) is 0 Å². The molecule has 11 heteroatoms. The fourth-order valence-electron chi connectivity index (χ4n) is 5.16. The summed E-state index contributed by atoms with van der Waals surface area (Å²) >= 11 is 0. The van der Waals surface area contributed by atoms with Gasteiger partial charge in [0.05, 0.1) is 18.4 Å². The summed E-state index contributed by atoms with van der Waals surface area (Å²) in [6.07, 6.45) is -1.79. The zero-order chi connectivity index (χ0) is 25.1. The number of carbonyl (C=O) groups excluding carboxylic acids is 1. The van der Waals surface area contributed by atoms with Crippen molar-refractivity contribution >= 4 is 34.7 Å². The first-order valence-electron chi connectivity index (χ1n) is 11.6. The predicted octanol–water partition coefficient (Wildman–Crippen LogP) is 1.60. The van der Waals surface area contributed by atoms with Crippen LogP contribution < -0.4 is 16.2 Å². The van der Waals surface area contributed by atoms with E-state index in [0.717, 1.165) is 23.1 Å². The molecule has 2 aromatic heterocycles. The normalized spacial score (nSPS) is 20.5. The van der Waals surface area contributed by atoms with Crippen molar-refractivity contribution in [2.45, 2.75) is 38.2 Å². The molecule has 5 N–H and O–H groups in total. The van der Waals surface area contributed by atoms with Gasteiger partial charge in [-0.15, -0.1) is 0 Å². The number of aromatic nitrogens is 4. The molecular weight excluding hydrogens is 464 g/mol. The predicted molar refractivity (Wildman–Crippen MR) is 132 cm³/mol. The number of H-pyrrole nitrogens is 1. The van der Waals surface area contributed by atoms with Crippen molar-refractivity contribution in [2.24, 2.45) is 0 Å². The highest BCUT2D eigenvalue weighted by Crippen LogP contribution is 2.41. The molecule has 6 rings (SSSR count). The SMILES string of the molecule is CC(=O)N(c1ccc2c(c1)Cc1ccccc1-2)c1nc2c(=O)[nH]c(N)nc2n1C1C[C@H](O)[C@@H](CO)O1. The highest BCUT2D eigenvalue weighted by atomic mass is 16.5. The van der Waals surface area contributed by atoms with Crippen LogP contribution in [-0.4, -0.2) is 54.5 Å². The second kappa shape index (κ2) is 8.26. The Hall–Kier alpha value is -4.06. The zero-order valence-electron chi connectivity index (χ0n) is 19.4. The minimum atomic E-state index is -0.950. The second-order valence-electron chi connectivity index (χ2n) is 9.05. The number of benzene rings is 2. The maximum atomic E-state index is 13.1. The number of aliphatic hydroxyl groups is 2. The Bertz CT molecular complexity index is 1580. The Balaban J connectivity index is 1.53. The Labute approximate surface area is 204 Å². The van der Waals surface area contributed by atoms with E-state index in [-0.39, 0.29) is 35.4 Å². The van der Waals surface area contributed by atoms with Gasteiger partial charge in [-0.3, -0.25) is 24.0 Å². The number of amides is 1. The van der Waals surface area contributed by atoms with Crippen LogP contribution in [0.15, 0.2) is 47.3 Å². The first-order valence-corrected chi connectivity index (χ1v) is 11.6. The van der Waals surface area contributed by atoms with Crippen LogP contribution in [0.25, 0.3) is 22.3 Å². The molecule has 1 aliphatic heterocycles. The summed E-state index contributed by atoms with van der Waals surface area (Å²) in [6, 6.07) is 13.9. The van der Waals surface area contributed by atoms with Gasteiger partial charge in [0, 0.05) is 13.3 Å². The van der Waals surface area contributed by atoms with Crippen LogP contribution >= 0.6 is 0 Å². The molecule has 1 unspecified atom stereocenters. The summed E-state index contributed by atoms with van der Waals surface area (Å²) in [4.78, 5) is 38.3. The number of fused-ring (bicyclic) bond motifs is 4. The van der Waals surface area contributed by atoms with Gasteiger partial charge >= 0.3 is 0 Å². The molecular formula is C25H24N6O5. The molecule has 0 bridgehead atoms. The van der Waals surface area contributed by atoms with Crippen LogP contribution in [0, 0.1) is 0 Å². The molecule has 3 heterocycles. The van der Waals surface area contributed by atoms with Crippen molar-refractivity contribution in [3.05, 3.63) is 63.9 Å². The minimum Gasteiger partial charge on any atom is -0.394 e. The molecule has 1 fully saturated rings. The minimum absolute atomic E-state index is 0.0236. The summed E-state index contributed by atoms with van der Waals surface area (Å²) in [5, 5.41) is 20.0. The molecule has 1 saturated heterocycles. The van der Waals surface area contributed by atoms with Gasteiger partial charge in [-0.1, -0.05) is 30.3 Å². The fraction of sp³-hybridized carbons (Fsp3) is 0.280. The Kier molecular flexibility index (Phi) is 5.14. The third-order valence-electron chi connectivity index (χ3n) is 6.77. The standard InChI is InChI=1S/C25H24N6O5/c1-12(33)30(15-6-7-17-14(9-15)8-13-4-2-3-5-16(13)17)25-27-21-22(28-24(26)29-23(21)35)31(25)20-10-18(34)19(11-32)36-20/h2-7,9,18-20,32,34H,8,10-11H2,1H3,(H3,26,28,29,35)/t18-,19+,20?/m0/s1. The van der Waals surface area contributed by atoms with Crippen LogP contribution in [0.5, 0.6) is 0 Å². The van der Waals surface area contributed by atoms with E-state index >= 15 is 0 Å². The number of nitrogens with zero attached hydrogens (tertiary/aromatic N) is 4. The van der Waals surface area contributed by atoms with Gasteiger partial charge in [0.15, 0.2) is 11.2 Å². The van der Waals surface area contributed by atoms with Gasteiger partial charge in [-0.05, 0) is 40.8 Å². The number of aliphatic hydroxyl groups excluding tert-OH is 2. The van der Waals surface area contributed by atoms with Crippen molar-refractivity contribution < 1.29 is 19.7 Å². The average molecular weight is 489 g/mol. The smallest absolute Gasteiger partial charge is 0.280 e. The van der Waals surface area contributed by atoms with Gasteiger partial charge in [0.25, 0.3) is 5.56 Å². The molecule has 36 heavy (non-hydrogen) atoms. The van der Waals surface area contributed by atoms with E-state index in [0.29, 0.717) is 5.69 Å². The largest absolute Gasteiger partial charge is 0.394 e. The zero-order valence-corrected chi connectivity index (χ0v) is 19.4. The van der Waals surface area contributed by atoms with E-state index in [1.54, 1.807) is 0 Å². The number of anilines is 3. The van der Waals surface area contributed by atoms with E-state index in [9.17, 15) is 19.8 Å². The summed E-state index contributed by atoms with van der Waals surface area (Å²) in [5.74, 6) is -0.363. The lowest BCUT2D eigenvalue weighted by Crippen LogP contribution is -2.28. The molecule has 2 aliphatic rings. The molecule has 0 saturated carbocycles. The van der Waals surface area contributed by atoms with E-state index in [4.69, 9.17) is 10.5 Å². The van der Waals surface area contributed by atoms with Crippen molar-refractivity contribution in [1.82, 2.24) is 19.5 Å². The number of carbonyl (C=O) groups is 1. The van der Waals surface area contributed by atoms with Gasteiger partial charge in [-0.2, -0.15) is 4.98 Å². The highest BCUT2D eigenvalue weighted by molar-refractivity contribution is 5.99. The summed E-state index contributed by atoms with van der Waals surface area (Å²) in [5.41, 5.74) is 10.4. The maximum absolute atomic E-state index is 13.1. The van der Waals surface area contributed by atoms with Gasteiger partial charge in [-0.25, -0.2) is 4.98 Å². The molecule has 1 amide bonds. The number of imidazole rings is 1. The number of rotatable bonds is 4. The average Bonchev–Trinajstić information content (AvgIpc) is 3.51. The van der Waals surface area contributed by atoms with E-state index in [1.165, 1.54) is 22.0 Å². The summed E-state index contributed by atoms with van der Waals surface area (Å²) in [7, 11) is 0. The number of ether oxygens (including phenoxy) is 1. The van der Waals surface area contributed by atoms with Crippen molar-refractivity contribution in [2.75, 3.05) is 17.2 Å². The number of nitrogen functional groups attached to an aromatic ring is 1. The van der Waals surface area contributed by atoms with E-state index < -0.39 is 30.6 Å². The molecule has 3 atom stereocenters. The van der Waals surface area contributed by atoms with Crippen molar-refractivity contribution in [3.8, 4) is 11.1 Å². The molecule has 4 aromatic rings. The van der Waals surface area contributed by atoms with Crippen molar-refractivity contribution in [1.29, 1.82) is 0 Å². The van der Waals surface area contributed by atoms with Gasteiger partial charge in [0.1, 0.15) is 12.3 Å². The van der Waals surface area contributed by atoms with E-state index in [2.05, 4.69) is 27.1 Å². The molecule has 0 spiro atoms. The van der Waals surface area contributed by atoms with Crippen LogP contribution in [0.1, 0.15) is 30.7 Å². The molecule has 0 radical (unpaired) electrons. The molecule has 11 nitrogen and oxygen atoms in total. The van der Waals surface area contributed by atoms with Crippen LogP contribution in [0.2, 0.25) is 0 Å².